The zero-order chi connectivity index (χ0) is 19.0. The fraction of sp³-hybridized carbons (Fsp3) is 0.739. The van der Waals surface area contributed by atoms with Crippen LogP contribution < -0.4 is 4.74 Å². The Balaban J connectivity index is 2.82. The fourth-order valence-electron chi connectivity index (χ4n) is 2.91. The van der Waals surface area contributed by atoms with Crippen molar-refractivity contribution in [3.05, 3.63) is 29.8 Å². The van der Waals surface area contributed by atoms with E-state index in [9.17, 15) is 0 Å². The van der Waals surface area contributed by atoms with Gasteiger partial charge in [0.15, 0.2) is 0 Å². The molecular weight excluding hydrogens is 308 g/mol. The molecule has 3 atom stereocenters. The molecule has 0 amide bonds. The van der Waals surface area contributed by atoms with Gasteiger partial charge in [-0.05, 0) is 47.8 Å². The van der Waals surface area contributed by atoms with E-state index in [-0.39, 0.29) is 17.8 Å². The van der Waals surface area contributed by atoms with Crippen molar-refractivity contribution >= 4 is 0 Å². The van der Waals surface area contributed by atoms with Gasteiger partial charge in [-0.1, -0.05) is 73.9 Å². The molecule has 0 heterocycles. The van der Waals surface area contributed by atoms with Crippen LogP contribution in [0.4, 0.5) is 0 Å². The van der Waals surface area contributed by atoms with Crippen LogP contribution in [-0.2, 0) is 4.74 Å². The summed E-state index contributed by atoms with van der Waals surface area (Å²) in [5, 5.41) is 0. The Bertz CT molecular complexity index is 470. The van der Waals surface area contributed by atoms with Crippen LogP contribution in [0.15, 0.2) is 24.3 Å². The topological polar surface area (TPSA) is 18.5 Å². The Morgan fingerprint density at radius 3 is 2.00 bits per heavy atom. The van der Waals surface area contributed by atoms with Gasteiger partial charge in [-0.2, -0.15) is 0 Å². The van der Waals surface area contributed by atoms with Gasteiger partial charge >= 0.3 is 0 Å². The molecule has 144 valence electrons. The fourth-order valence-corrected chi connectivity index (χ4v) is 2.91. The third kappa shape index (κ3) is 8.27. The SMILES string of the molecule is CCCC(CC)OC(CC(C)(C)C)Oc1ccc(C(C)C(C)C)cc1. The first kappa shape index (κ1) is 22.0. The van der Waals surface area contributed by atoms with Crippen molar-refractivity contribution in [2.45, 2.75) is 99.4 Å². The molecule has 0 spiro atoms. The van der Waals surface area contributed by atoms with Crippen molar-refractivity contribution in [1.82, 2.24) is 0 Å². The zero-order valence-corrected chi connectivity index (χ0v) is 17.8. The smallest absolute Gasteiger partial charge is 0.200 e. The van der Waals surface area contributed by atoms with Gasteiger partial charge in [-0.15, -0.1) is 0 Å². The highest BCUT2D eigenvalue weighted by molar-refractivity contribution is 5.29. The second-order valence-corrected chi connectivity index (χ2v) is 8.87. The van der Waals surface area contributed by atoms with Crippen molar-refractivity contribution in [2.75, 3.05) is 0 Å². The maximum Gasteiger partial charge on any atom is 0.200 e. The first-order valence-corrected chi connectivity index (χ1v) is 10.1. The molecule has 2 heteroatoms. The first-order valence-electron chi connectivity index (χ1n) is 10.1. The second-order valence-electron chi connectivity index (χ2n) is 8.87. The van der Waals surface area contributed by atoms with Crippen molar-refractivity contribution in [3.8, 4) is 5.75 Å². The van der Waals surface area contributed by atoms with Crippen LogP contribution in [0.2, 0.25) is 0 Å². The van der Waals surface area contributed by atoms with E-state index < -0.39 is 0 Å². The van der Waals surface area contributed by atoms with Crippen LogP contribution in [0.5, 0.6) is 5.75 Å². The summed E-state index contributed by atoms with van der Waals surface area (Å²) in [5.74, 6) is 2.10. The summed E-state index contributed by atoms with van der Waals surface area (Å²) in [6, 6.07) is 8.57. The zero-order valence-electron chi connectivity index (χ0n) is 17.8. The molecule has 1 aromatic carbocycles. The molecule has 0 aliphatic carbocycles. The molecule has 0 radical (unpaired) electrons. The Hall–Kier alpha value is -1.02. The van der Waals surface area contributed by atoms with Crippen LogP contribution in [0.1, 0.15) is 92.6 Å². The minimum absolute atomic E-state index is 0.168. The number of ether oxygens (including phenoxy) is 2. The third-order valence-electron chi connectivity index (χ3n) is 4.86. The van der Waals surface area contributed by atoms with Gasteiger partial charge in [0, 0.05) is 6.42 Å². The molecule has 2 nitrogen and oxygen atoms in total. The van der Waals surface area contributed by atoms with Crippen molar-refractivity contribution in [1.29, 1.82) is 0 Å². The molecular formula is C23H40O2. The van der Waals surface area contributed by atoms with E-state index in [4.69, 9.17) is 9.47 Å². The van der Waals surface area contributed by atoms with Crippen LogP contribution >= 0.6 is 0 Å². The van der Waals surface area contributed by atoms with Crippen molar-refractivity contribution in [2.24, 2.45) is 11.3 Å². The first-order chi connectivity index (χ1) is 11.7. The monoisotopic (exact) mass is 348 g/mol. The lowest BCUT2D eigenvalue weighted by atomic mass is 9.90. The number of rotatable bonds is 10. The summed E-state index contributed by atoms with van der Waals surface area (Å²) < 4.78 is 12.6. The summed E-state index contributed by atoms with van der Waals surface area (Å²) in [6.07, 6.45) is 4.23. The van der Waals surface area contributed by atoms with Gasteiger partial charge in [0.2, 0.25) is 6.29 Å². The lowest BCUT2D eigenvalue weighted by Gasteiger charge is -2.30. The van der Waals surface area contributed by atoms with Crippen molar-refractivity contribution in [3.63, 3.8) is 0 Å². The maximum absolute atomic E-state index is 6.31. The molecule has 0 saturated carbocycles. The van der Waals surface area contributed by atoms with E-state index >= 15 is 0 Å². The highest BCUT2D eigenvalue weighted by atomic mass is 16.7. The Labute approximate surface area is 156 Å². The van der Waals surface area contributed by atoms with E-state index in [2.05, 4.69) is 79.7 Å². The van der Waals surface area contributed by atoms with Crippen LogP contribution in [0.25, 0.3) is 0 Å². The van der Waals surface area contributed by atoms with E-state index in [0.29, 0.717) is 11.8 Å². The molecule has 0 aliphatic heterocycles. The third-order valence-corrected chi connectivity index (χ3v) is 4.86. The van der Waals surface area contributed by atoms with Crippen molar-refractivity contribution < 1.29 is 9.47 Å². The largest absolute Gasteiger partial charge is 0.465 e. The molecule has 0 aliphatic rings. The molecule has 3 unspecified atom stereocenters. The lowest BCUT2D eigenvalue weighted by Crippen LogP contribution is -2.31. The van der Waals surface area contributed by atoms with Gasteiger partial charge < -0.3 is 9.47 Å². The number of hydrogen-bond acceptors (Lipinski definition) is 2. The van der Waals surface area contributed by atoms with Gasteiger partial charge in [0.1, 0.15) is 5.75 Å². The number of hydrogen-bond donors (Lipinski definition) is 0. The summed E-state index contributed by atoms with van der Waals surface area (Å²) in [5.41, 5.74) is 1.54. The van der Waals surface area contributed by atoms with E-state index in [1.807, 2.05) is 0 Å². The highest BCUT2D eigenvalue weighted by Gasteiger charge is 2.23. The summed E-state index contributed by atoms with van der Waals surface area (Å²) in [4.78, 5) is 0. The predicted octanol–water partition coefficient (Wildman–Crippen LogP) is 7.18. The van der Waals surface area contributed by atoms with Gasteiger partial charge in [0.25, 0.3) is 0 Å². The van der Waals surface area contributed by atoms with E-state index in [0.717, 1.165) is 31.4 Å². The minimum atomic E-state index is -0.190. The molecule has 1 rings (SSSR count). The number of benzene rings is 1. The van der Waals surface area contributed by atoms with Gasteiger partial charge in [-0.3, -0.25) is 0 Å². The second kappa shape index (κ2) is 10.2. The molecule has 0 saturated heterocycles. The Kier molecular flexibility index (Phi) is 8.99. The van der Waals surface area contributed by atoms with Gasteiger partial charge in [0.05, 0.1) is 6.10 Å². The van der Waals surface area contributed by atoms with Crippen LogP contribution in [0, 0.1) is 11.3 Å². The predicted molar refractivity (Wildman–Crippen MR) is 108 cm³/mol. The summed E-state index contributed by atoms with van der Waals surface area (Å²) in [7, 11) is 0. The van der Waals surface area contributed by atoms with E-state index in [1.54, 1.807) is 0 Å². The van der Waals surface area contributed by atoms with Crippen LogP contribution in [-0.4, -0.2) is 12.4 Å². The molecule has 1 aromatic rings. The molecule has 0 bridgehead atoms. The van der Waals surface area contributed by atoms with E-state index in [1.165, 1.54) is 5.56 Å². The average Bonchev–Trinajstić information content (AvgIpc) is 2.52. The standard InChI is InChI=1S/C23H40O2/c1-9-11-20(10-2)24-22(16-23(6,7)8)25-21-14-12-19(13-15-21)18(5)17(3)4/h12-15,17-18,20,22H,9-11,16H2,1-8H3. The highest BCUT2D eigenvalue weighted by Crippen LogP contribution is 2.29. The van der Waals surface area contributed by atoms with Crippen LogP contribution in [0.3, 0.4) is 0 Å². The Morgan fingerprint density at radius 2 is 1.56 bits per heavy atom. The quantitative estimate of drug-likeness (QED) is 0.417. The normalized spacial score (nSPS) is 15.9. The molecule has 0 aromatic heterocycles. The molecule has 0 fully saturated rings. The van der Waals surface area contributed by atoms with Gasteiger partial charge in [-0.25, -0.2) is 0 Å². The molecule has 0 N–H and O–H groups in total. The Morgan fingerprint density at radius 1 is 0.960 bits per heavy atom. The summed E-state index contributed by atoms with van der Waals surface area (Å²) in [6.45, 7) is 17.9. The summed E-state index contributed by atoms with van der Waals surface area (Å²) >= 11 is 0. The maximum atomic E-state index is 6.31. The molecule has 25 heavy (non-hydrogen) atoms. The minimum Gasteiger partial charge on any atom is -0.465 e. The average molecular weight is 349 g/mol. The lowest BCUT2D eigenvalue weighted by molar-refractivity contribution is -0.137.